The van der Waals surface area contributed by atoms with Gasteiger partial charge in [0.2, 0.25) is 20.0 Å². The maximum absolute atomic E-state index is 13.5. The summed E-state index contributed by atoms with van der Waals surface area (Å²) in [6, 6.07) is 47.9. The maximum Gasteiger partial charge on any atom is 0.339 e. The highest BCUT2D eigenvalue weighted by molar-refractivity contribution is 7.88. The Bertz CT molecular complexity index is 7390. The van der Waals surface area contributed by atoms with Crippen LogP contribution in [0.3, 0.4) is 0 Å². The van der Waals surface area contributed by atoms with Crippen LogP contribution < -0.4 is 0 Å². The molecule has 2 saturated heterocycles. The van der Waals surface area contributed by atoms with E-state index >= 15 is 0 Å². The molecule has 6 aromatic heterocycles. The molecule has 18 rings (SSSR count). The second-order valence-electron chi connectivity index (χ2n) is 39.2. The number of hydrogen-bond acceptors (Lipinski definition) is 21. The van der Waals surface area contributed by atoms with E-state index in [-0.39, 0.29) is 25.0 Å². The number of aryl methyl sites for hydroxylation is 6. The topological polar surface area (TPSA) is 284 Å². The molecule has 15 aromatic rings. The summed E-state index contributed by atoms with van der Waals surface area (Å²) in [6.07, 6.45) is 8.57. The highest BCUT2D eigenvalue weighted by Gasteiger charge is 2.40. The lowest BCUT2D eigenvalue weighted by molar-refractivity contribution is -0.167. The van der Waals surface area contributed by atoms with Crippen molar-refractivity contribution in [2.24, 2.45) is 21.1 Å². The number of halogens is 3. The molecule has 3 aliphatic rings. The number of sulfonamides is 2. The van der Waals surface area contributed by atoms with Gasteiger partial charge in [0.1, 0.15) is 15.0 Å². The molecule has 0 radical (unpaired) electrons. The van der Waals surface area contributed by atoms with Gasteiger partial charge in [0.05, 0.1) is 107 Å². The number of aliphatic carboxylic acids is 1. The monoisotopic (exact) mass is 2020 g/mol. The first-order chi connectivity index (χ1) is 65.3. The molecular formula is C106H118Cl3N11O13S5. The van der Waals surface area contributed by atoms with E-state index in [1.807, 2.05) is 210 Å². The SMILES string of the molecule is CCOC(=O)[C@@H](OC(C)(C)C)c1c(C)cc2nc(-c3ccc4c(c3)c(C3CCCCC3)nn4C)sc2c1-c1ccc(Cl)cc1.CCOC(=O)[C@@H](OC(C)(C)C)c1c(C)cc2nc(-c3ccc4c(c3)c(C3CCN(S(C)(=O)=O)CC3)nn4C)sc2c1-c1ccc(Cl)cc1.Cc1cc2nc(-c3ccc4c(c3)c(C3CCN(S(C)(=O)=O)CC3)nn4C)sc2c(-c2ccc(Cl)cc2)c1[C@H](OC(C)(C)C)C(=O)O. The second kappa shape index (κ2) is 40.6. The maximum atomic E-state index is 13.5. The Morgan fingerprint density at radius 3 is 0.942 bits per heavy atom. The van der Waals surface area contributed by atoms with Crippen LogP contribution in [0.15, 0.2) is 146 Å². The van der Waals surface area contributed by atoms with Crippen LogP contribution in [0.4, 0.5) is 0 Å². The van der Waals surface area contributed by atoms with Crippen LogP contribution in [-0.4, -0.2) is 161 Å². The molecule has 726 valence electrons. The van der Waals surface area contributed by atoms with Gasteiger partial charge in [-0.05, 0) is 278 Å². The number of aromatic nitrogens is 9. The van der Waals surface area contributed by atoms with Crippen molar-refractivity contribution in [3.63, 3.8) is 0 Å². The molecule has 3 atom stereocenters. The van der Waals surface area contributed by atoms with Crippen LogP contribution in [-0.2, 0) is 79.3 Å². The van der Waals surface area contributed by atoms with Crippen molar-refractivity contribution in [2.45, 2.75) is 208 Å². The predicted molar refractivity (Wildman–Crippen MR) is 558 cm³/mol. The van der Waals surface area contributed by atoms with Gasteiger partial charge in [-0.2, -0.15) is 15.3 Å². The van der Waals surface area contributed by atoms with Crippen molar-refractivity contribution >= 4 is 170 Å². The van der Waals surface area contributed by atoms with E-state index in [0.29, 0.717) is 65.6 Å². The summed E-state index contributed by atoms with van der Waals surface area (Å²) < 4.78 is 90.2. The number of ether oxygens (including phenoxy) is 5. The summed E-state index contributed by atoms with van der Waals surface area (Å²) in [5.74, 6) is -1.10. The number of fused-ring (bicyclic) bond motifs is 6. The summed E-state index contributed by atoms with van der Waals surface area (Å²) in [5.41, 5.74) is 19.8. The van der Waals surface area contributed by atoms with Crippen LogP contribution in [0.25, 0.3) is 128 Å². The molecule has 8 heterocycles. The largest absolute Gasteiger partial charge is 0.479 e. The van der Waals surface area contributed by atoms with Gasteiger partial charge in [0.25, 0.3) is 0 Å². The first-order valence-corrected chi connectivity index (χ1v) is 54.1. The Morgan fingerprint density at radius 2 is 0.674 bits per heavy atom. The number of benzene rings is 9. The van der Waals surface area contributed by atoms with Crippen LogP contribution >= 0.6 is 68.8 Å². The minimum atomic E-state index is -3.22. The summed E-state index contributed by atoms with van der Waals surface area (Å²) in [6.45, 7) is 29.1. The first-order valence-electron chi connectivity index (χ1n) is 46.8. The van der Waals surface area contributed by atoms with E-state index in [0.717, 1.165) is 175 Å². The number of rotatable bonds is 22. The lowest BCUT2D eigenvalue weighted by atomic mass is 9.86. The smallest absolute Gasteiger partial charge is 0.339 e. The number of carbonyl (C=O) groups excluding carboxylic acids is 2. The van der Waals surface area contributed by atoms with E-state index in [1.54, 1.807) is 46.0 Å². The van der Waals surface area contributed by atoms with Gasteiger partial charge in [-0.1, -0.05) is 90.5 Å². The molecule has 0 bridgehead atoms. The normalized spacial score (nSPS) is 15.7. The van der Waals surface area contributed by atoms with Crippen molar-refractivity contribution in [1.82, 2.24) is 52.9 Å². The van der Waals surface area contributed by atoms with Gasteiger partial charge < -0.3 is 28.8 Å². The highest BCUT2D eigenvalue weighted by Crippen LogP contribution is 2.51. The first kappa shape index (κ1) is 101. The fourth-order valence-electron chi connectivity index (χ4n) is 19.4. The number of carbonyl (C=O) groups is 3. The van der Waals surface area contributed by atoms with E-state index in [9.17, 15) is 36.3 Å². The molecule has 32 heteroatoms. The van der Waals surface area contributed by atoms with Crippen LogP contribution in [0.5, 0.6) is 0 Å². The lowest BCUT2D eigenvalue weighted by Gasteiger charge is -2.29. The summed E-state index contributed by atoms with van der Waals surface area (Å²) >= 11 is 23.6. The molecule has 1 saturated carbocycles. The molecule has 3 fully saturated rings. The average molecular weight is 2020 g/mol. The van der Waals surface area contributed by atoms with E-state index in [2.05, 4.69) is 48.5 Å². The van der Waals surface area contributed by atoms with E-state index in [1.165, 1.54) is 71.3 Å². The zero-order chi connectivity index (χ0) is 98.8. The minimum absolute atomic E-state index is 0.143. The van der Waals surface area contributed by atoms with Gasteiger partial charge >= 0.3 is 17.9 Å². The number of nitrogens with zero attached hydrogens (tertiary/aromatic N) is 11. The van der Waals surface area contributed by atoms with Crippen LogP contribution in [0.1, 0.15) is 220 Å². The third-order valence-electron chi connectivity index (χ3n) is 25.6. The van der Waals surface area contributed by atoms with Crippen LogP contribution in [0, 0.1) is 20.8 Å². The molecule has 24 nitrogen and oxygen atoms in total. The standard InChI is InChI=1S/C36H41ClN4O5S2.C36H40ClN3O3S.C34H37ClN4O5S2/c1-8-45-35(42)32(46-36(3,4)5)29-21(2)19-27-33(30(29)22-9-12-25(37)13-10-22)47-34(38-27)24-11-14-28-26(20-24)31(39-40(28)6)23-15-17-41(18-16-23)48(7,43)44;1-7-42-35(41)32(43-36(3,4)5)29-21(2)19-27-33(30(29)22-13-16-25(37)17-14-22)44-34(38-27)24-15-18-28-26(20-24)31(39-40(28)6)23-11-9-8-10-12-23;1-19-17-25-31(28(20-7-10-23(35)11-8-20)27(19)30(33(40)41)44-34(2,3)4)45-32(36-25)22-9-12-26-24(18-22)29(37-38(26)5)21-13-15-39(16-14-21)46(6,42)43/h9-14,19-20,23,32H,8,15-18H2,1-7H3;13-20,23,32H,7-12H2,1-6H3;7-12,17-18,21,30H,13-16H2,1-6H3,(H,40,41)/t2*32-;30-/m000/s1. The fraction of sp³-hybridized carbons (Fsp3) is 0.406. The Balaban J connectivity index is 0.000000150. The zero-order valence-corrected chi connectivity index (χ0v) is 87.7. The number of hydrogen-bond donors (Lipinski definition) is 1. The number of carboxylic acid groups (broad SMARTS) is 1. The van der Waals surface area contributed by atoms with E-state index < -0.39 is 73.1 Å². The van der Waals surface area contributed by atoms with E-state index in [4.69, 9.17) is 88.7 Å². The zero-order valence-electron chi connectivity index (χ0n) is 81.4. The molecule has 1 aliphatic carbocycles. The fourth-order valence-corrected chi connectivity index (χ4v) is 24.9. The van der Waals surface area contributed by atoms with Crippen molar-refractivity contribution in [3.05, 3.63) is 211 Å². The van der Waals surface area contributed by atoms with Gasteiger partial charge in [0, 0.05) is 146 Å². The number of carboxylic acids is 1. The number of piperidine rings is 2. The lowest BCUT2D eigenvalue weighted by Crippen LogP contribution is -2.37. The Kier molecular flexibility index (Phi) is 29.7. The molecule has 0 unspecified atom stereocenters. The summed E-state index contributed by atoms with van der Waals surface area (Å²) in [4.78, 5) is 55.0. The number of thiazole rings is 3. The molecule has 138 heavy (non-hydrogen) atoms. The van der Waals surface area contributed by atoms with Gasteiger partial charge in [-0.25, -0.2) is 54.8 Å². The molecule has 1 N–H and O–H groups in total. The quantitative estimate of drug-likeness (QED) is 0.0617. The molecule has 9 aromatic carbocycles. The van der Waals surface area contributed by atoms with Crippen molar-refractivity contribution in [3.8, 4) is 65.1 Å². The summed E-state index contributed by atoms with van der Waals surface area (Å²) in [7, 11) is -0.536. The summed E-state index contributed by atoms with van der Waals surface area (Å²) in [5, 5.41) is 32.8. The predicted octanol–water partition coefficient (Wildman–Crippen LogP) is 25.5. The van der Waals surface area contributed by atoms with Crippen molar-refractivity contribution in [1.29, 1.82) is 0 Å². The van der Waals surface area contributed by atoms with Gasteiger partial charge in [-0.15, -0.1) is 34.0 Å². The molecule has 2 aliphatic heterocycles. The second-order valence-corrected chi connectivity index (χ2v) is 47.4. The third-order valence-corrected chi connectivity index (χ3v) is 32.4. The number of esters is 2. The van der Waals surface area contributed by atoms with Gasteiger partial charge in [0.15, 0.2) is 18.3 Å². The third kappa shape index (κ3) is 21.9. The van der Waals surface area contributed by atoms with Gasteiger partial charge in [-0.3, -0.25) is 14.0 Å². The molecule has 0 spiro atoms. The Morgan fingerprint density at radius 1 is 0.406 bits per heavy atom. The average Bonchev–Trinajstić information content (AvgIpc) is 1.51. The van der Waals surface area contributed by atoms with Crippen molar-refractivity contribution < 1.29 is 60.0 Å². The van der Waals surface area contributed by atoms with Crippen LogP contribution in [0.2, 0.25) is 15.1 Å². The molecule has 0 amide bonds. The van der Waals surface area contributed by atoms with Crippen molar-refractivity contribution in [2.75, 3.05) is 51.9 Å². The molecular weight excluding hydrogens is 1900 g/mol. The Labute approximate surface area is 833 Å². The highest BCUT2D eigenvalue weighted by atomic mass is 35.5. The Hall–Kier alpha value is -9.96. The minimum Gasteiger partial charge on any atom is -0.479 e.